The molecule has 11 aromatic rings. The molecule has 274 valence electrons. The van der Waals surface area contributed by atoms with E-state index < -0.39 is 0 Å². The van der Waals surface area contributed by atoms with E-state index in [0.29, 0.717) is 17.5 Å². The summed E-state index contributed by atoms with van der Waals surface area (Å²) in [5.74, 6) is 1.85. The minimum absolute atomic E-state index is 0.602. The fourth-order valence-electron chi connectivity index (χ4n) is 8.51. The van der Waals surface area contributed by atoms with Crippen molar-refractivity contribution < 1.29 is 0 Å². The third-order valence-electron chi connectivity index (χ3n) is 11.2. The maximum Gasteiger partial charge on any atom is 0.164 e. The second kappa shape index (κ2) is 13.5. The highest BCUT2D eigenvalue weighted by Crippen LogP contribution is 2.42. The number of aryl methyl sites for hydroxylation is 2. The molecule has 0 unspecified atom stereocenters. The summed E-state index contributed by atoms with van der Waals surface area (Å²) < 4.78 is 4.77. The number of para-hydroxylation sites is 2. The van der Waals surface area contributed by atoms with E-state index >= 15 is 0 Å². The first kappa shape index (κ1) is 33.6. The van der Waals surface area contributed by atoms with Crippen molar-refractivity contribution in [2.45, 2.75) is 13.8 Å². The highest BCUT2D eigenvalue weighted by Gasteiger charge is 2.22. The molecule has 0 aliphatic carbocycles. The Balaban J connectivity index is 1.22. The predicted molar refractivity (Wildman–Crippen MR) is 238 cm³/mol. The van der Waals surface area contributed by atoms with Gasteiger partial charge in [0, 0.05) is 55.6 Å². The van der Waals surface area contributed by atoms with Crippen LogP contribution in [0.1, 0.15) is 11.1 Å². The van der Waals surface area contributed by atoms with Crippen molar-refractivity contribution >= 4 is 43.6 Å². The lowest BCUT2D eigenvalue weighted by Crippen LogP contribution is -2.04. The molecule has 0 fully saturated rings. The Labute approximate surface area is 335 Å². The third-order valence-corrected chi connectivity index (χ3v) is 11.2. The molecule has 0 aliphatic rings. The van der Waals surface area contributed by atoms with Crippen LogP contribution in [0.3, 0.4) is 0 Å². The normalized spacial score (nSPS) is 11.6. The molecule has 0 saturated heterocycles. The van der Waals surface area contributed by atoms with Crippen LogP contribution in [0.4, 0.5) is 0 Å². The molecule has 0 spiro atoms. The smallest absolute Gasteiger partial charge is 0.164 e. The predicted octanol–water partition coefficient (Wildman–Crippen LogP) is 12.7. The maximum absolute atomic E-state index is 5.15. The van der Waals surface area contributed by atoms with Gasteiger partial charge in [-0.3, -0.25) is 4.98 Å². The van der Waals surface area contributed by atoms with Crippen LogP contribution in [0.2, 0.25) is 0 Å². The molecule has 0 radical (unpaired) electrons. The van der Waals surface area contributed by atoms with Crippen molar-refractivity contribution in [2.24, 2.45) is 0 Å². The molecule has 4 aromatic heterocycles. The maximum atomic E-state index is 5.15. The molecule has 0 aliphatic heterocycles. The van der Waals surface area contributed by atoms with Crippen LogP contribution < -0.4 is 0 Å². The summed E-state index contributed by atoms with van der Waals surface area (Å²) in [6.07, 6.45) is 3.90. The van der Waals surface area contributed by atoms with Gasteiger partial charge in [0.25, 0.3) is 0 Å². The molecule has 0 saturated carbocycles. The van der Waals surface area contributed by atoms with Gasteiger partial charge in [0.05, 0.1) is 39.6 Å². The summed E-state index contributed by atoms with van der Waals surface area (Å²) in [7, 11) is 0. The highest BCUT2D eigenvalue weighted by molar-refractivity contribution is 6.11. The van der Waals surface area contributed by atoms with Gasteiger partial charge >= 0.3 is 0 Å². The number of hydrogen-bond donors (Lipinski definition) is 0. The molecule has 58 heavy (non-hydrogen) atoms. The second-order valence-corrected chi connectivity index (χ2v) is 14.9. The monoisotopic (exact) mass is 744 g/mol. The molecule has 11 rings (SSSR count). The van der Waals surface area contributed by atoms with Gasteiger partial charge in [-0.25, -0.2) is 15.0 Å². The van der Waals surface area contributed by atoms with Gasteiger partial charge < -0.3 is 9.13 Å². The summed E-state index contributed by atoms with van der Waals surface area (Å²) in [5, 5.41) is 4.83. The molecule has 6 heteroatoms. The van der Waals surface area contributed by atoms with Crippen LogP contribution in [0.15, 0.2) is 182 Å². The molecule has 0 N–H and O–H groups in total. The topological polar surface area (TPSA) is 61.4 Å². The first-order valence-corrected chi connectivity index (χ1v) is 19.6. The molecule has 4 heterocycles. The van der Waals surface area contributed by atoms with Crippen molar-refractivity contribution in [2.75, 3.05) is 0 Å². The van der Waals surface area contributed by atoms with E-state index in [2.05, 4.69) is 132 Å². The molecule has 6 nitrogen and oxygen atoms in total. The first-order valence-electron chi connectivity index (χ1n) is 19.6. The Morgan fingerprint density at radius 3 is 1.40 bits per heavy atom. The van der Waals surface area contributed by atoms with E-state index in [9.17, 15) is 0 Å². The zero-order chi connectivity index (χ0) is 38.7. The summed E-state index contributed by atoms with van der Waals surface area (Å²) in [6.45, 7) is 4.31. The van der Waals surface area contributed by atoms with Gasteiger partial charge in [0.2, 0.25) is 0 Å². The zero-order valence-corrected chi connectivity index (χ0v) is 32.0. The van der Waals surface area contributed by atoms with Gasteiger partial charge in [0.1, 0.15) is 0 Å². The minimum atomic E-state index is 0.602. The Hall–Kier alpha value is -7.70. The van der Waals surface area contributed by atoms with Crippen LogP contribution in [-0.2, 0) is 0 Å². The third kappa shape index (κ3) is 5.49. The van der Waals surface area contributed by atoms with Crippen molar-refractivity contribution in [1.82, 2.24) is 29.1 Å². The Kier molecular flexibility index (Phi) is 7.83. The zero-order valence-electron chi connectivity index (χ0n) is 32.0. The van der Waals surface area contributed by atoms with Crippen molar-refractivity contribution in [3.63, 3.8) is 0 Å². The van der Waals surface area contributed by atoms with Crippen LogP contribution in [-0.4, -0.2) is 29.1 Å². The highest BCUT2D eigenvalue weighted by atomic mass is 15.0. The largest absolute Gasteiger partial charge is 0.309 e. The van der Waals surface area contributed by atoms with E-state index in [1.54, 1.807) is 0 Å². The van der Waals surface area contributed by atoms with Crippen molar-refractivity contribution in [3.05, 3.63) is 193 Å². The fourth-order valence-corrected chi connectivity index (χ4v) is 8.51. The number of hydrogen-bond acceptors (Lipinski definition) is 4. The number of pyridine rings is 1. The van der Waals surface area contributed by atoms with E-state index in [4.69, 9.17) is 19.9 Å². The second-order valence-electron chi connectivity index (χ2n) is 14.9. The van der Waals surface area contributed by atoms with Crippen LogP contribution >= 0.6 is 0 Å². The number of nitrogens with zero attached hydrogens (tertiary/aromatic N) is 6. The lowest BCUT2D eigenvalue weighted by Gasteiger charge is -2.19. The lowest BCUT2D eigenvalue weighted by molar-refractivity contribution is 1.07. The number of rotatable bonds is 6. The van der Waals surface area contributed by atoms with E-state index in [1.807, 2.05) is 73.1 Å². The van der Waals surface area contributed by atoms with Crippen LogP contribution in [0, 0.1) is 13.8 Å². The van der Waals surface area contributed by atoms with Crippen LogP contribution in [0.5, 0.6) is 0 Å². The molecule has 0 amide bonds. The molecule has 0 atom stereocenters. The van der Waals surface area contributed by atoms with Gasteiger partial charge in [-0.05, 0) is 62.4 Å². The van der Waals surface area contributed by atoms with Gasteiger partial charge in [-0.1, -0.05) is 132 Å². The van der Waals surface area contributed by atoms with E-state index in [1.165, 1.54) is 32.7 Å². The molecular weight excluding hydrogens is 709 g/mol. The van der Waals surface area contributed by atoms with Crippen molar-refractivity contribution in [3.8, 4) is 56.7 Å². The summed E-state index contributed by atoms with van der Waals surface area (Å²) in [4.78, 5) is 20.0. The molecular formula is C52H36N6. The molecule has 7 aromatic carbocycles. The van der Waals surface area contributed by atoms with Gasteiger partial charge in [0.15, 0.2) is 17.5 Å². The first-order chi connectivity index (χ1) is 28.6. The van der Waals surface area contributed by atoms with Gasteiger partial charge in [-0.2, -0.15) is 0 Å². The fraction of sp³-hybridized carbons (Fsp3) is 0.0385. The molecule has 0 bridgehead atoms. The standard InChI is InChI=1S/C52H36N6/c1-33-21-25-46-42(29-33)38-17-9-11-19-44(38)57(46)48-31-37(52-55-50(35-13-5-3-6-14-35)54-51(56-52)36-15-7-4-8-16-36)23-24-40(48)41-27-28-53-32-49(41)58-45-20-12-10-18-39(45)43-30-34(2)22-26-47(43)58/h3-32H,1-2H3. The Bertz CT molecular complexity index is 3300. The summed E-state index contributed by atoms with van der Waals surface area (Å²) in [6, 6.07) is 59.8. The Morgan fingerprint density at radius 1 is 0.362 bits per heavy atom. The van der Waals surface area contributed by atoms with Crippen LogP contribution in [0.25, 0.3) is 100 Å². The van der Waals surface area contributed by atoms with Crippen molar-refractivity contribution in [1.29, 1.82) is 0 Å². The average molecular weight is 745 g/mol. The van der Waals surface area contributed by atoms with Gasteiger partial charge in [-0.15, -0.1) is 0 Å². The summed E-state index contributed by atoms with van der Waals surface area (Å²) in [5.41, 5.74) is 13.8. The number of aromatic nitrogens is 6. The Morgan fingerprint density at radius 2 is 0.828 bits per heavy atom. The number of fused-ring (bicyclic) bond motifs is 6. The summed E-state index contributed by atoms with van der Waals surface area (Å²) >= 11 is 0. The quantitative estimate of drug-likeness (QED) is 0.170. The SMILES string of the molecule is Cc1ccc2c(c1)c1ccccc1n2-c1cnccc1-c1ccc(-c2nc(-c3ccccc3)nc(-c3ccccc3)n2)cc1-n1c2ccccc2c2cc(C)ccc21. The van der Waals surface area contributed by atoms with E-state index in [0.717, 1.165) is 61.3 Å². The van der Waals surface area contributed by atoms with E-state index in [-0.39, 0.29) is 0 Å². The lowest BCUT2D eigenvalue weighted by atomic mass is 9.99. The average Bonchev–Trinajstić information content (AvgIpc) is 3.78. The minimum Gasteiger partial charge on any atom is -0.309 e. The number of benzene rings is 7.